The summed E-state index contributed by atoms with van der Waals surface area (Å²) in [6.45, 7) is 7.57. The molecule has 2 amide bonds. The number of urea groups is 1. The van der Waals surface area contributed by atoms with E-state index in [-0.39, 0.29) is 18.4 Å². The van der Waals surface area contributed by atoms with Gasteiger partial charge in [-0.25, -0.2) is 4.79 Å². The highest BCUT2D eigenvalue weighted by Crippen LogP contribution is 2.28. The van der Waals surface area contributed by atoms with Crippen LogP contribution < -0.4 is 0 Å². The zero-order valence-corrected chi connectivity index (χ0v) is 11.9. The van der Waals surface area contributed by atoms with Gasteiger partial charge in [0.2, 0.25) is 0 Å². The highest BCUT2D eigenvalue weighted by atomic mass is 35.5. The molecule has 2 heterocycles. The summed E-state index contributed by atoms with van der Waals surface area (Å²) in [5.41, 5.74) is 0. The Morgan fingerprint density at radius 1 is 1.18 bits per heavy atom. The molecule has 2 bridgehead atoms. The standard InChI is InChI=1S/C12H23N3O.ClH/c1-4-14(5-2)12(16)15-8-10-6-7-11(9-15)13(10)3;/h10-11H,4-9H2,1-3H3;1H. The summed E-state index contributed by atoms with van der Waals surface area (Å²) in [6, 6.07) is 1.42. The van der Waals surface area contributed by atoms with Gasteiger partial charge in [0.15, 0.2) is 0 Å². The molecule has 0 aliphatic carbocycles. The maximum atomic E-state index is 12.2. The molecular weight excluding hydrogens is 238 g/mol. The maximum Gasteiger partial charge on any atom is 0.320 e. The first-order valence-corrected chi connectivity index (χ1v) is 6.43. The Kier molecular flexibility index (Phi) is 5.07. The fourth-order valence-electron chi connectivity index (χ4n) is 2.96. The number of fused-ring (bicyclic) bond motifs is 2. The Morgan fingerprint density at radius 3 is 2.06 bits per heavy atom. The van der Waals surface area contributed by atoms with Crippen LogP contribution in [0.25, 0.3) is 0 Å². The van der Waals surface area contributed by atoms with E-state index in [1.165, 1.54) is 12.8 Å². The molecule has 0 radical (unpaired) electrons. The van der Waals surface area contributed by atoms with Crippen molar-refractivity contribution in [1.82, 2.24) is 14.7 Å². The zero-order valence-electron chi connectivity index (χ0n) is 11.1. The predicted octanol–water partition coefficient (Wildman–Crippen LogP) is 1.65. The number of rotatable bonds is 2. The van der Waals surface area contributed by atoms with Crippen LogP contribution in [0, 0.1) is 0 Å². The third kappa shape index (κ3) is 2.68. The second-order valence-corrected chi connectivity index (χ2v) is 4.91. The molecule has 2 rings (SSSR count). The van der Waals surface area contributed by atoms with Crippen LogP contribution in [0.1, 0.15) is 26.7 Å². The molecule has 0 saturated carbocycles. The average molecular weight is 262 g/mol. The van der Waals surface area contributed by atoms with E-state index in [4.69, 9.17) is 0 Å². The van der Waals surface area contributed by atoms with E-state index in [1.807, 2.05) is 18.7 Å². The number of likely N-dealkylation sites (tertiary alicyclic amines) is 1. The van der Waals surface area contributed by atoms with Gasteiger partial charge in [-0.15, -0.1) is 12.4 Å². The fraction of sp³-hybridized carbons (Fsp3) is 0.917. The molecule has 0 N–H and O–H groups in total. The molecule has 0 aromatic carbocycles. The van der Waals surface area contributed by atoms with Gasteiger partial charge >= 0.3 is 6.03 Å². The van der Waals surface area contributed by atoms with E-state index >= 15 is 0 Å². The molecule has 4 nitrogen and oxygen atoms in total. The van der Waals surface area contributed by atoms with Crippen LogP contribution in [-0.4, -0.2) is 66.0 Å². The number of carbonyl (C=O) groups excluding carboxylic acids is 1. The summed E-state index contributed by atoms with van der Waals surface area (Å²) in [7, 11) is 2.20. The molecule has 0 spiro atoms. The van der Waals surface area contributed by atoms with Gasteiger partial charge in [0.1, 0.15) is 0 Å². The number of likely N-dealkylation sites (N-methyl/N-ethyl adjacent to an activating group) is 1. The zero-order chi connectivity index (χ0) is 11.7. The Morgan fingerprint density at radius 2 is 1.65 bits per heavy atom. The van der Waals surface area contributed by atoms with Gasteiger partial charge in [0.25, 0.3) is 0 Å². The number of nitrogens with zero attached hydrogens (tertiary/aromatic N) is 3. The summed E-state index contributed by atoms with van der Waals surface area (Å²) in [4.78, 5) is 18.6. The van der Waals surface area contributed by atoms with E-state index in [1.54, 1.807) is 0 Å². The number of halogens is 1. The Balaban J connectivity index is 0.00000144. The molecule has 17 heavy (non-hydrogen) atoms. The lowest BCUT2D eigenvalue weighted by Crippen LogP contribution is -2.56. The van der Waals surface area contributed by atoms with Crippen LogP contribution in [0.5, 0.6) is 0 Å². The van der Waals surface area contributed by atoms with E-state index in [9.17, 15) is 4.79 Å². The number of amides is 2. The molecule has 2 unspecified atom stereocenters. The summed E-state index contributed by atoms with van der Waals surface area (Å²) in [5.74, 6) is 0. The van der Waals surface area contributed by atoms with E-state index in [0.29, 0.717) is 12.1 Å². The monoisotopic (exact) mass is 261 g/mol. The van der Waals surface area contributed by atoms with Crippen molar-refractivity contribution in [3.63, 3.8) is 0 Å². The number of piperazine rings is 1. The largest absolute Gasteiger partial charge is 0.325 e. The van der Waals surface area contributed by atoms with Crippen LogP contribution in [0.15, 0.2) is 0 Å². The second-order valence-electron chi connectivity index (χ2n) is 4.91. The van der Waals surface area contributed by atoms with Crippen LogP contribution in [0.4, 0.5) is 4.79 Å². The van der Waals surface area contributed by atoms with Crippen molar-refractivity contribution >= 4 is 18.4 Å². The highest BCUT2D eigenvalue weighted by Gasteiger charge is 2.39. The molecule has 2 aliphatic rings. The van der Waals surface area contributed by atoms with Gasteiger partial charge in [0, 0.05) is 38.3 Å². The molecule has 2 fully saturated rings. The van der Waals surface area contributed by atoms with Gasteiger partial charge in [-0.3, -0.25) is 4.90 Å². The first-order chi connectivity index (χ1) is 7.67. The molecule has 2 atom stereocenters. The first kappa shape index (κ1) is 14.6. The second kappa shape index (κ2) is 5.91. The van der Waals surface area contributed by atoms with Gasteiger partial charge in [-0.2, -0.15) is 0 Å². The lowest BCUT2D eigenvalue weighted by molar-refractivity contribution is 0.0864. The normalized spacial score (nSPS) is 27.8. The minimum absolute atomic E-state index is 0. The summed E-state index contributed by atoms with van der Waals surface area (Å²) < 4.78 is 0. The van der Waals surface area contributed by atoms with E-state index < -0.39 is 0 Å². The molecule has 5 heteroatoms. The Labute approximate surface area is 110 Å². The van der Waals surface area contributed by atoms with Crippen molar-refractivity contribution in [3.8, 4) is 0 Å². The van der Waals surface area contributed by atoms with E-state index in [0.717, 1.165) is 26.2 Å². The van der Waals surface area contributed by atoms with Gasteiger partial charge in [0.05, 0.1) is 0 Å². The SMILES string of the molecule is CCN(CC)C(=O)N1CC2CCC(C1)N2C.Cl. The third-order valence-corrected chi connectivity index (χ3v) is 4.15. The smallest absolute Gasteiger partial charge is 0.320 e. The number of hydrogen-bond acceptors (Lipinski definition) is 2. The maximum absolute atomic E-state index is 12.2. The molecule has 0 aromatic heterocycles. The van der Waals surface area contributed by atoms with E-state index in [2.05, 4.69) is 16.8 Å². The molecule has 0 aromatic rings. The van der Waals surface area contributed by atoms with Crippen molar-refractivity contribution in [2.45, 2.75) is 38.8 Å². The van der Waals surface area contributed by atoms with Crippen LogP contribution in [-0.2, 0) is 0 Å². The van der Waals surface area contributed by atoms with Crippen LogP contribution in [0.3, 0.4) is 0 Å². The van der Waals surface area contributed by atoms with Crippen LogP contribution >= 0.6 is 12.4 Å². The third-order valence-electron chi connectivity index (χ3n) is 4.15. The predicted molar refractivity (Wildman–Crippen MR) is 71.7 cm³/mol. The first-order valence-electron chi connectivity index (χ1n) is 6.43. The summed E-state index contributed by atoms with van der Waals surface area (Å²) in [5, 5.41) is 0. The topological polar surface area (TPSA) is 26.8 Å². The Hall–Kier alpha value is -0.480. The van der Waals surface area contributed by atoms with Gasteiger partial charge < -0.3 is 9.80 Å². The number of carbonyl (C=O) groups is 1. The lowest BCUT2D eigenvalue weighted by Gasteiger charge is -2.40. The lowest BCUT2D eigenvalue weighted by atomic mass is 10.2. The molecule has 100 valence electrons. The quantitative estimate of drug-likeness (QED) is 0.756. The minimum atomic E-state index is 0. The number of hydrogen-bond donors (Lipinski definition) is 0. The fourth-order valence-corrected chi connectivity index (χ4v) is 2.96. The van der Waals surface area contributed by atoms with Gasteiger partial charge in [-0.1, -0.05) is 0 Å². The average Bonchev–Trinajstić information content (AvgIpc) is 2.54. The Bertz CT molecular complexity index is 256. The molecule has 2 saturated heterocycles. The summed E-state index contributed by atoms with van der Waals surface area (Å²) in [6.07, 6.45) is 2.51. The van der Waals surface area contributed by atoms with Gasteiger partial charge in [-0.05, 0) is 33.7 Å². The van der Waals surface area contributed by atoms with Crippen molar-refractivity contribution < 1.29 is 4.79 Å². The van der Waals surface area contributed by atoms with Crippen LogP contribution in [0.2, 0.25) is 0 Å². The minimum Gasteiger partial charge on any atom is -0.325 e. The molecular formula is C12H24ClN3O. The summed E-state index contributed by atoms with van der Waals surface area (Å²) >= 11 is 0. The van der Waals surface area contributed by atoms with Crippen molar-refractivity contribution in [1.29, 1.82) is 0 Å². The highest BCUT2D eigenvalue weighted by molar-refractivity contribution is 5.85. The van der Waals surface area contributed by atoms with Crippen molar-refractivity contribution in [2.75, 3.05) is 33.2 Å². The van der Waals surface area contributed by atoms with Crippen molar-refractivity contribution in [3.05, 3.63) is 0 Å². The van der Waals surface area contributed by atoms with Crippen molar-refractivity contribution in [2.24, 2.45) is 0 Å². The molecule has 2 aliphatic heterocycles.